The van der Waals surface area contributed by atoms with Crippen molar-refractivity contribution >= 4 is 56.6 Å². The molecule has 0 spiro atoms. The summed E-state index contributed by atoms with van der Waals surface area (Å²) in [6.07, 6.45) is 3.46. The number of carbonyl (C=O) groups is 1. The molecule has 9 heteroatoms. The van der Waals surface area contributed by atoms with Crippen molar-refractivity contribution in [2.45, 2.75) is 13.0 Å². The van der Waals surface area contributed by atoms with Crippen LogP contribution in [-0.2, 0) is 17.8 Å². The molecule has 1 amide bonds. The maximum atomic E-state index is 12.5. The average Bonchev–Trinajstić information content (AvgIpc) is 3.14. The number of halogens is 2. The van der Waals surface area contributed by atoms with Gasteiger partial charge < -0.3 is 5.32 Å². The molecule has 0 radical (unpaired) electrons. The quantitative estimate of drug-likeness (QED) is 0.495. The van der Waals surface area contributed by atoms with Gasteiger partial charge in [-0.2, -0.15) is 0 Å². The molecule has 0 unspecified atom stereocenters. The van der Waals surface area contributed by atoms with Gasteiger partial charge in [0.15, 0.2) is 5.13 Å². The average molecular weight is 445 g/mol. The molecule has 0 aliphatic heterocycles. The molecule has 146 valence electrons. The van der Waals surface area contributed by atoms with Crippen LogP contribution in [0.15, 0.2) is 59.7 Å². The Kier molecular flexibility index (Phi) is 5.62. The van der Waals surface area contributed by atoms with Crippen molar-refractivity contribution < 1.29 is 4.79 Å². The first kappa shape index (κ1) is 19.6. The Balaban J connectivity index is 1.48. The third-order valence-corrected chi connectivity index (χ3v) is 6.02. The molecule has 0 saturated carbocycles. The van der Waals surface area contributed by atoms with Gasteiger partial charge in [0.05, 0.1) is 27.3 Å². The molecular weight excluding hydrogens is 431 g/mol. The van der Waals surface area contributed by atoms with E-state index in [9.17, 15) is 9.59 Å². The summed E-state index contributed by atoms with van der Waals surface area (Å²) in [5, 5.41) is 4.21. The van der Waals surface area contributed by atoms with Crippen LogP contribution < -0.4 is 10.9 Å². The first-order valence-electron chi connectivity index (χ1n) is 8.63. The van der Waals surface area contributed by atoms with Crippen LogP contribution in [0.25, 0.3) is 11.0 Å². The molecular formula is C20H14Cl2N4O2S. The van der Waals surface area contributed by atoms with Crippen molar-refractivity contribution in [2.75, 3.05) is 5.32 Å². The summed E-state index contributed by atoms with van der Waals surface area (Å²) in [5.41, 5.74) is 1.80. The number of fused-ring (bicyclic) bond motifs is 1. The molecule has 0 saturated heterocycles. The van der Waals surface area contributed by atoms with Crippen LogP contribution in [0.4, 0.5) is 5.13 Å². The Morgan fingerprint density at radius 2 is 1.90 bits per heavy atom. The Morgan fingerprint density at radius 1 is 1.07 bits per heavy atom. The number of rotatable bonds is 5. The molecule has 2 aromatic heterocycles. The van der Waals surface area contributed by atoms with Crippen molar-refractivity contribution in [3.05, 3.63) is 85.7 Å². The molecule has 0 bridgehead atoms. The monoisotopic (exact) mass is 444 g/mol. The highest BCUT2D eigenvalue weighted by molar-refractivity contribution is 7.15. The van der Waals surface area contributed by atoms with E-state index in [1.807, 2.05) is 18.2 Å². The Bertz CT molecular complexity index is 1270. The highest BCUT2D eigenvalue weighted by Gasteiger charge is 2.12. The van der Waals surface area contributed by atoms with E-state index < -0.39 is 0 Å². The molecule has 1 N–H and O–H groups in total. The summed E-state index contributed by atoms with van der Waals surface area (Å²) >= 11 is 13.6. The Hall–Kier alpha value is -2.74. The second-order valence-corrected chi connectivity index (χ2v) is 8.14. The zero-order chi connectivity index (χ0) is 20.4. The van der Waals surface area contributed by atoms with Crippen molar-refractivity contribution in [2.24, 2.45) is 0 Å². The summed E-state index contributed by atoms with van der Waals surface area (Å²) in [5.74, 6) is -0.342. The fourth-order valence-corrected chi connectivity index (χ4v) is 4.14. The van der Waals surface area contributed by atoms with E-state index in [0.717, 1.165) is 10.4 Å². The SMILES string of the molecule is O=C(Cn1c(=O)cnc2ccccc21)Nc1ncc(Cc2cccc(Cl)c2Cl)s1. The zero-order valence-electron chi connectivity index (χ0n) is 14.9. The normalized spacial score (nSPS) is 11.0. The number of hydrogen-bond acceptors (Lipinski definition) is 5. The molecule has 0 aliphatic rings. The molecule has 2 heterocycles. The molecule has 4 aromatic rings. The lowest BCUT2D eigenvalue weighted by molar-refractivity contribution is -0.116. The topological polar surface area (TPSA) is 76.9 Å². The van der Waals surface area contributed by atoms with E-state index in [4.69, 9.17) is 23.2 Å². The number of aromatic nitrogens is 3. The Labute approximate surface area is 179 Å². The minimum atomic E-state index is -0.342. The minimum absolute atomic E-state index is 0.128. The highest BCUT2D eigenvalue weighted by atomic mass is 35.5. The van der Waals surface area contributed by atoms with Crippen molar-refractivity contribution in [3.8, 4) is 0 Å². The zero-order valence-corrected chi connectivity index (χ0v) is 17.3. The number of benzene rings is 2. The van der Waals surface area contributed by atoms with Crippen LogP contribution in [0.2, 0.25) is 10.0 Å². The standard InChI is InChI=1S/C20H14Cl2N4O2S/c21-14-5-3-4-12(19(14)22)8-13-9-24-20(29-13)25-17(27)11-26-16-7-2-1-6-15(16)23-10-18(26)28/h1-7,9-10H,8,11H2,(H,24,25,27). The number of para-hydroxylation sites is 2. The van der Waals surface area contributed by atoms with Crippen LogP contribution in [0.3, 0.4) is 0 Å². The summed E-state index contributed by atoms with van der Waals surface area (Å²) in [6.45, 7) is -0.128. The second kappa shape index (κ2) is 8.32. The number of nitrogens with one attached hydrogen (secondary N) is 1. The highest BCUT2D eigenvalue weighted by Crippen LogP contribution is 2.29. The number of amides is 1. The van der Waals surface area contributed by atoms with Gasteiger partial charge >= 0.3 is 0 Å². The molecule has 6 nitrogen and oxygen atoms in total. The van der Waals surface area contributed by atoms with E-state index in [-0.39, 0.29) is 18.0 Å². The summed E-state index contributed by atoms with van der Waals surface area (Å²) in [6, 6.07) is 12.6. The van der Waals surface area contributed by atoms with Gasteiger partial charge in [-0.05, 0) is 23.8 Å². The fraction of sp³-hybridized carbons (Fsp3) is 0.100. The molecule has 0 fully saturated rings. The summed E-state index contributed by atoms with van der Waals surface area (Å²) in [4.78, 5) is 33.9. The predicted molar refractivity (Wildman–Crippen MR) is 116 cm³/mol. The second-order valence-electron chi connectivity index (χ2n) is 6.24. The molecule has 0 aliphatic carbocycles. The smallest absolute Gasteiger partial charge is 0.269 e. The first-order chi connectivity index (χ1) is 14.0. The number of carbonyl (C=O) groups excluding carboxylic acids is 1. The van der Waals surface area contributed by atoms with Crippen LogP contribution in [0.1, 0.15) is 10.4 Å². The number of hydrogen-bond donors (Lipinski definition) is 1. The lowest BCUT2D eigenvalue weighted by Gasteiger charge is -2.08. The third kappa shape index (κ3) is 4.32. The van der Waals surface area contributed by atoms with Gasteiger partial charge in [0, 0.05) is 17.5 Å². The van der Waals surface area contributed by atoms with E-state index in [1.54, 1.807) is 30.5 Å². The van der Waals surface area contributed by atoms with Crippen molar-refractivity contribution in [3.63, 3.8) is 0 Å². The lowest BCUT2D eigenvalue weighted by atomic mass is 10.1. The van der Waals surface area contributed by atoms with E-state index in [0.29, 0.717) is 32.6 Å². The molecule has 0 atom stereocenters. The number of anilines is 1. The van der Waals surface area contributed by atoms with Gasteiger partial charge in [-0.1, -0.05) is 47.5 Å². The Morgan fingerprint density at radius 3 is 2.76 bits per heavy atom. The molecule has 29 heavy (non-hydrogen) atoms. The van der Waals surface area contributed by atoms with Crippen LogP contribution >= 0.6 is 34.5 Å². The van der Waals surface area contributed by atoms with Gasteiger partial charge in [-0.25, -0.2) is 9.97 Å². The van der Waals surface area contributed by atoms with Crippen LogP contribution in [-0.4, -0.2) is 20.4 Å². The largest absolute Gasteiger partial charge is 0.300 e. The van der Waals surface area contributed by atoms with Crippen molar-refractivity contribution in [1.82, 2.24) is 14.5 Å². The molecule has 2 aromatic carbocycles. The van der Waals surface area contributed by atoms with E-state index >= 15 is 0 Å². The van der Waals surface area contributed by atoms with Crippen molar-refractivity contribution in [1.29, 1.82) is 0 Å². The first-order valence-corrected chi connectivity index (χ1v) is 10.2. The predicted octanol–water partition coefficient (Wildman–Crippen LogP) is 4.39. The fourth-order valence-electron chi connectivity index (χ4n) is 2.90. The van der Waals surface area contributed by atoms with Gasteiger partial charge in [-0.3, -0.25) is 14.2 Å². The minimum Gasteiger partial charge on any atom is -0.300 e. The van der Waals surface area contributed by atoms with Gasteiger partial charge in [0.25, 0.3) is 5.56 Å². The van der Waals surface area contributed by atoms with Crippen LogP contribution in [0.5, 0.6) is 0 Å². The van der Waals surface area contributed by atoms with Gasteiger partial charge in [0.2, 0.25) is 5.91 Å². The summed E-state index contributed by atoms with van der Waals surface area (Å²) in [7, 11) is 0. The maximum absolute atomic E-state index is 12.5. The third-order valence-electron chi connectivity index (χ3n) is 4.25. The van der Waals surface area contributed by atoms with Gasteiger partial charge in [0.1, 0.15) is 6.54 Å². The van der Waals surface area contributed by atoms with E-state index in [2.05, 4.69) is 15.3 Å². The lowest BCUT2D eigenvalue weighted by Crippen LogP contribution is -2.27. The summed E-state index contributed by atoms with van der Waals surface area (Å²) < 4.78 is 1.39. The van der Waals surface area contributed by atoms with E-state index in [1.165, 1.54) is 22.1 Å². The number of nitrogens with zero attached hydrogens (tertiary/aromatic N) is 3. The maximum Gasteiger partial charge on any atom is 0.269 e. The molecule has 4 rings (SSSR count). The number of thiazole rings is 1. The van der Waals surface area contributed by atoms with Crippen LogP contribution in [0, 0.1) is 0 Å². The van der Waals surface area contributed by atoms with Gasteiger partial charge in [-0.15, -0.1) is 11.3 Å².